The molecule has 126 valence electrons. The van der Waals surface area contributed by atoms with Gasteiger partial charge in [0.25, 0.3) is 0 Å². The highest BCUT2D eigenvalue weighted by molar-refractivity contribution is 5.74. The molecule has 3 rings (SSSR count). The van der Waals surface area contributed by atoms with E-state index in [2.05, 4.69) is 35.1 Å². The molecule has 0 aliphatic heterocycles. The Morgan fingerprint density at radius 3 is 2.58 bits per heavy atom. The standard InChI is InChI=1S/C20H25N2O2/c1-15-9-19-20(10-16(15)2)22(14-21(19)3)11-18(23)13-24-12-17-7-5-4-6-8-17/h4-10,14,18,23H,11-13H2,1-3H3/q+1/t18-/m0/s1. The average Bonchev–Trinajstić information content (AvgIpc) is 2.84. The third kappa shape index (κ3) is 3.66. The van der Waals surface area contributed by atoms with Crippen molar-refractivity contribution in [1.29, 1.82) is 0 Å². The van der Waals surface area contributed by atoms with Crippen molar-refractivity contribution in [3.8, 4) is 0 Å². The molecule has 1 heterocycles. The van der Waals surface area contributed by atoms with Crippen molar-refractivity contribution in [2.45, 2.75) is 33.1 Å². The number of aromatic nitrogens is 2. The van der Waals surface area contributed by atoms with E-state index in [1.165, 1.54) is 16.6 Å². The van der Waals surface area contributed by atoms with Crippen LogP contribution in [0, 0.1) is 13.8 Å². The van der Waals surface area contributed by atoms with Crippen LogP contribution in [0.4, 0.5) is 0 Å². The van der Waals surface area contributed by atoms with Crippen molar-refractivity contribution < 1.29 is 14.4 Å². The minimum absolute atomic E-state index is 0.323. The Balaban J connectivity index is 1.65. The molecule has 0 spiro atoms. The van der Waals surface area contributed by atoms with Gasteiger partial charge in [-0.3, -0.25) is 0 Å². The third-order valence-corrected chi connectivity index (χ3v) is 4.42. The lowest BCUT2D eigenvalue weighted by Crippen LogP contribution is -2.27. The Kier molecular flexibility index (Phi) is 4.97. The molecule has 0 aliphatic rings. The second-order valence-electron chi connectivity index (χ2n) is 6.46. The summed E-state index contributed by atoms with van der Waals surface area (Å²) in [6.07, 6.45) is 1.50. The van der Waals surface area contributed by atoms with Gasteiger partial charge in [0, 0.05) is 0 Å². The maximum absolute atomic E-state index is 10.3. The summed E-state index contributed by atoms with van der Waals surface area (Å²) in [7, 11) is 2.03. The van der Waals surface area contributed by atoms with Crippen molar-refractivity contribution in [1.82, 2.24) is 4.57 Å². The summed E-state index contributed by atoms with van der Waals surface area (Å²) in [5, 5.41) is 10.3. The number of hydrogen-bond acceptors (Lipinski definition) is 2. The topological polar surface area (TPSA) is 38.3 Å². The number of imidazole rings is 1. The highest BCUT2D eigenvalue weighted by Gasteiger charge is 2.17. The monoisotopic (exact) mass is 325 g/mol. The van der Waals surface area contributed by atoms with Gasteiger partial charge in [-0.25, -0.2) is 9.13 Å². The Labute approximate surface area is 142 Å². The van der Waals surface area contributed by atoms with Gasteiger partial charge in [0.15, 0.2) is 11.0 Å². The highest BCUT2D eigenvalue weighted by Crippen LogP contribution is 2.17. The molecule has 24 heavy (non-hydrogen) atoms. The van der Waals surface area contributed by atoms with Crippen LogP contribution in [-0.4, -0.2) is 22.4 Å². The number of fused-ring (bicyclic) bond motifs is 1. The zero-order valence-corrected chi connectivity index (χ0v) is 14.6. The maximum Gasteiger partial charge on any atom is 0.244 e. The van der Waals surface area contributed by atoms with Crippen molar-refractivity contribution in [3.63, 3.8) is 0 Å². The highest BCUT2D eigenvalue weighted by atomic mass is 16.5. The number of rotatable bonds is 6. The van der Waals surface area contributed by atoms with Crippen LogP contribution in [0.2, 0.25) is 0 Å². The summed E-state index contributed by atoms with van der Waals surface area (Å²) < 4.78 is 9.84. The molecule has 2 aromatic carbocycles. The van der Waals surface area contributed by atoms with Gasteiger partial charge in [-0.2, -0.15) is 0 Å². The second-order valence-corrected chi connectivity index (χ2v) is 6.46. The van der Waals surface area contributed by atoms with E-state index >= 15 is 0 Å². The van der Waals surface area contributed by atoms with E-state index in [0.29, 0.717) is 19.8 Å². The number of hydrogen-bond donors (Lipinski definition) is 1. The summed E-state index contributed by atoms with van der Waals surface area (Å²) in [6, 6.07) is 14.4. The fourth-order valence-electron chi connectivity index (χ4n) is 2.94. The van der Waals surface area contributed by atoms with E-state index < -0.39 is 6.10 Å². The zero-order chi connectivity index (χ0) is 17.1. The smallest absolute Gasteiger partial charge is 0.244 e. The van der Waals surface area contributed by atoms with Crippen molar-refractivity contribution in [2.24, 2.45) is 7.05 Å². The van der Waals surface area contributed by atoms with Crippen LogP contribution in [0.5, 0.6) is 0 Å². The summed E-state index contributed by atoms with van der Waals surface area (Å²) in [4.78, 5) is 0. The average molecular weight is 325 g/mol. The van der Waals surface area contributed by atoms with Crippen molar-refractivity contribution >= 4 is 11.0 Å². The molecular formula is C20H25N2O2+. The maximum atomic E-state index is 10.3. The third-order valence-electron chi connectivity index (χ3n) is 4.42. The van der Waals surface area contributed by atoms with E-state index in [1.54, 1.807) is 0 Å². The Hall–Kier alpha value is -2.17. The van der Waals surface area contributed by atoms with Crippen molar-refractivity contribution in [3.05, 3.63) is 65.5 Å². The molecule has 0 radical (unpaired) electrons. The van der Waals surface area contributed by atoms with Crippen LogP contribution in [0.25, 0.3) is 11.0 Å². The SMILES string of the molecule is Cc1cc2c(cc1C)[n+](C)cn2C[C@H](O)COCc1ccccc1. The van der Waals surface area contributed by atoms with Crippen LogP contribution < -0.4 is 4.57 Å². The predicted octanol–water partition coefficient (Wildman–Crippen LogP) is 2.66. The molecule has 4 heteroatoms. The predicted molar refractivity (Wildman–Crippen MR) is 94.7 cm³/mol. The normalized spacial score (nSPS) is 12.7. The lowest BCUT2D eigenvalue weighted by atomic mass is 10.1. The van der Waals surface area contributed by atoms with E-state index in [4.69, 9.17) is 4.74 Å². The van der Waals surface area contributed by atoms with Gasteiger partial charge in [-0.1, -0.05) is 30.3 Å². The first-order chi connectivity index (χ1) is 11.5. The molecule has 3 aromatic rings. The Morgan fingerprint density at radius 2 is 1.83 bits per heavy atom. The number of aryl methyl sites for hydroxylation is 3. The summed E-state index contributed by atoms with van der Waals surface area (Å²) in [5.41, 5.74) is 5.98. The molecule has 0 fully saturated rings. The van der Waals surface area contributed by atoms with Crippen LogP contribution >= 0.6 is 0 Å². The molecule has 0 bridgehead atoms. The Morgan fingerprint density at radius 1 is 1.12 bits per heavy atom. The fourth-order valence-corrected chi connectivity index (χ4v) is 2.94. The second kappa shape index (κ2) is 7.16. The number of nitrogens with zero attached hydrogens (tertiary/aromatic N) is 2. The summed E-state index contributed by atoms with van der Waals surface area (Å²) >= 11 is 0. The van der Waals surface area contributed by atoms with Crippen LogP contribution in [0.15, 0.2) is 48.8 Å². The quantitative estimate of drug-likeness (QED) is 0.708. The first-order valence-corrected chi connectivity index (χ1v) is 8.30. The lowest BCUT2D eigenvalue weighted by molar-refractivity contribution is -0.645. The van der Waals surface area contributed by atoms with Gasteiger partial charge in [0.2, 0.25) is 6.33 Å². The van der Waals surface area contributed by atoms with Crippen LogP contribution in [0.1, 0.15) is 16.7 Å². The fraction of sp³-hybridized carbons (Fsp3) is 0.350. The summed E-state index contributed by atoms with van der Waals surface area (Å²) in [5.74, 6) is 0. The lowest BCUT2D eigenvalue weighted by Gasteiger charge is -2.10. The molecular weight excluding hydrogens is 300 g/mol. The molecule has 1 aromatic heterocycles. The molecule has 0 aliphatic carbocycles. The number of aliphatic hydroxyl groups is 1. The number of ether oxygens (including phenoxy) is 1. The van der Waals surface area contributed by atoms with Gasteiger partial charge >= 0.3 is 0 Å². The number of benzene rings is 2. The minimum Gasteiger partial charge on any atom is -0.387 e. The molecule has 0 amide bonds. The molecule has 0 unspecified atom stereocenters. The minimum atomic E-state index is -0.536. The molecule has 0 saturated carbocycles. The van der Waals surface area contributed by atoms with Crippen LogP contribution in [-0.2, 0) is 24.9 Å². The van der Waals surface area contributed by atoms with E-state index in [9.17, 15) is 5.11 Å². The first-order valence-electron chi connectivity index (χ1n) is 8.30. The van der Waals surface area contributed by atoms with Crippen molar-refractivity contribution in [2.75, 3.05) is 6.61 Å². The van der Waals surface area contributed by atoms with E-state index in [1.807, 2.05) is 43.7 Å². The Bertz CT molecular complexity index is 825. The zero-order valence-electron chi connectivity index (χ0n) is 14.6. The van der Waals surface area contributed by atoms with E-state index in [-0.39, 0.29) is 0 Å². The van der Waals surface area contributed by atoms with E-state index in [0.717, 1.165) is 11.1 Å². The number of aliphatic hydroxyl groups excluding tert-OH is 1. The van der Waals surface area contributed by atoms with Gasteiger partial charge in [-0.15, -0.1) is 0 Å². The summed E-state index contributed by atoms with van der Waals surface area (Å²) in [6.45, 7) is 5.61. The van der Waals surface area contributed by atoms with Crippen LogP contribution in [0.3, 0.4) is 0 Å². The van der Waals surface area contributed by atoms with Gasteiger partial charge in [-0.05, 0) is 42.7 Å². The largest absolute Gasteiger partial charge is 0.387 e. The molecule has 4 nitrogen and oxygen atoms in total. The van der Waals surface area contributed by atoms with Gasteiger partial charge < -0.3 is 9.84 Å². The molecule has 1 N–H and O–H groups in total. The van der Waals surface area contributed by atoms with Gasteiger partial charge in [0.05, 0.1) is 20.3 Å². The molecule has 1 atom stereocenters. The van der Waals surface area contributed by atoms with Gasteiger partial charge in [0.1, 0.15) is 12.6 Å². The molecule has 0 saturated heterocycles. The first kappa shape index (κ1) is 16.7.